The Kier molecular flexibility index (Phi) is 10.6. The second-order valence-electron chi connectivity index (χ2n) is 13.7. The van der Waals surface area contributed by atoms with Crippen LogP contribution in [-0.2, 0) is 20.7 Å². The zero-order valence-corrected chi connectivity index (χ0v) is 28.7. The molecule has 0 fully saturated rings. The lowest BCUT2D eigenvalue weighted by atomic mass is 9.88. The molecule has 47 heavy (non-hydrogen) atoms. The molecule has 0 spiro atoms. The van der Waals surface area contributed by atoms with Gasteiger partial charge in [-0.3, -0.25) is 9.59 Å². The first-order valence-electron chi connectivity index (χ1n) is 16.1. The molecule has 0 saturated heterocycles. The summed E-state index contributed by atoms with van der Waals surface area (Å²) >= 11 is 0. The van der Waals surface area contributed by atoms with E-state index in [4.69, 9.17) is 4.74 Å². The summed E-state index contributed by atoms with van der Waals surface area (Å²) in [5, 5.41) is 17.8. The van der Waals surface area contributed by atoms with E-state index in [1.807, 2.05) is 95.3 Å². The number of alkyl carbamates (subject to hydrolysis) is 1. The molecule has 2 atom stereocenters. The first-order chi connectivity index (χ1) is 22.1. The molecular formula is C39H47N3O5. The summed E-state index contributed by atoms with van der Waals surface area (Å²) in [5.74, 6) is -0.717. The molecule has 0 aliphatic rings. The fraction of sp³-hybridized carbons (Fsp3) is 0.359. The average Bonchev–Trinajstić information content (AvgIpc) is 3.00. The first-order valence-corrected chi connectivity index (χ1v) is 16.1. The van der Waals surface area contributed by atoms with Gasteiger partial charge >= 0.3 is 6.09 Å². The molecule has 4 aromatic carbocycles. The number of amides is 3. The van der Waals surface area contributed by atoms with E-state index in [0.29, 0.717) is 17.7 Å². The maximum atomic E-state index is 15.0. The molecule has 248 valence electrons. The number of carbonyl (C=O) groups excluding carboxylic acids is 3. The molecule has 0 bridgehead atoms. The number of phenols is 1. The number of hydrogen-bond donors (Lipinski definition) is 3. The predicted molar refractivity (Wildman–Crippen MR) is 187 cm³/mol. The number of anilines is 1. The highest BCUT2D eigenvalue weighted by atomic mass is 16.6. The molecule has 0 heterocycles. The van der Waals surface area contributed by atoms with Crippen molar-refractivity contribution in [2.75, 3.05) is 5.32 Å². The molecule has 0 aliphatic heterocycles. The van der Waals surface area contributed by atoms with Gasteiger partial charge in [0, 0.05) is 17.6 Å². The lowest BCUT2D eigenvalue weighted by Crippen LogP contribution is -2.59. The minimum atomic E-state index is -1.08. The average molecular weight is 638 g/mol. The number of fused-ring (bicyclic) bond motifs is 1. The van der Waals surface area contributed by atoms with Gasteiger partial charge in [0.15, 0.2) is 0 Å². The van der Waals surface area contributed by atoms with Crippen LogP contribution in [0.15, 0.2) is 84.9 Å². The molecular weight excluding hydrogens is 590 g/mol. The number of carbonyl (C=O) groups is 3. The molecule has 4 aromatic rings. The lowest BCUT2D eigenvalue weighted by molar-refractivity contribution is -0.147. The van der Waals surface area contributed by atoms with Gasteiger partial charge in [-0.15, -0.1) is 0 Å². The van der Waals surface area contributed by atoms with Crippen molar-refractivity contribution >= 4 is 34.4 Å². The van der Waals surface area contributed by atoms with Crippen LogP contribution in [0.4, 0.5) is 10.5 Å². The van der Waals surface area contributed by atoms with Crippen molar-refractivity contribution < 1.29 is 24.2 Å². The van der Waals surface area contributed by atoms with Crippen molar-refractivity contribution in [1.29, 1.82) is 0 Å². The smallest absolute Gasteiger partial charge is 0.408 e. The molecule has 8 heteroatoms. The van der Waals surface area contributed by atoms with Crippen molar-refractivity contribution in [3.05, 3.63) is 107 Å². The Balaban J connectivity index is 1.84. The Bertz CT molecular complexity index is 1740. The number of rotatable bonds is 10. The number of aromatic hydroxyl groups is 1. The van der Waals surface area contributed by atoms with E-state index in [1.165, 1.54) is 12.1 Å². The highest BCUT2D eigenvalue weighted by Crippen LogP contribution is 2.35. The van der Waals surface area contributed by atoms with Crippen LogP contribution in [0.1, 0.15) is 76.3 Å². The van der Waals surface area contributed by atoms with Crippen LogP contribution >= 0.6 is 0 Å². The van der Waals surface area contributed by atoms with E-state index < -0.39 is 35.2 Å². The lowest BCUT2D eigenvalue weighted by Gasteiger charge is -2.45. The largest absolute Gasteiger partial charge is 0.508 e. The van der Waals surface area contributed by atoms with Gasteiger partial charge in [0.1, 0.15) is 23.4 Å². The van der Waals surface area contributed by atoms with E-state index in [0.717, 1.165) is 27.5 Å². The van der Waals surface area contributed by atoms with Crippen LogP contribution in [0.25, 0.3) is 10.8 Å². The third kappa shape index (κ3) is 8.70. The Morgan fingerprint density at radius 3 is 2.15 bits per heavy atom. The van der Waals surface area contributed by atoms with Crippen molar-refractivity contribution in [2.24, 2.45) is 0 Å². The SMILES string of the molecule is CCC(C)(C)N(C(=O)C(Cc1ccc(O)cc1)NC(=O)OC(C)(C)C)C(C(=O)Nc1ccc2ccccc2c1)c1cccc(C)c1C. The number of hydrogen-bond acceptors (Lipinski definition) is 5. The van der Waals surface area contributed by atoms with Crippen LogP contribution in [0.3, 0.4) is 0 Å². The summed E-state index contributed by atoms with van der Waals surface area (Å²) in [7, 11) is 0. The van der Waals surface area contributed by atoms with Gasteiger partial charge in [-0.2, -0.15) is 0 Å². The molecule has 0 saturated carbocycles. The number of nitrogens with zero attached hydrogens (tertiary/aromatic N) is 1. The van der Waals surface area contributed by atoms with Crippen molar-refractivity contribution in [1.82, 2.24) is 10.2 Å². The quantitative estimate of drug-likeness (QED) is 0.163. The maximum Gasteiger partial charge on any atom is 0.408 e. The van der Waals surface area contributed by atoms with E-state index in [1.54, 1.807) is 37.8 Å². The minimum Gasteiger partial charge on any atom is -0.508 e. The second-order valence-corrected chi connectivity index (χ2v) is 13.7. The number of aryl methyl sites for hydroxylation is 1. The molecule has 2 unspecified atom stereocenters. The normalized spacial score (nSPS) is 13.0. The van der Waals surface area contributed by atoms with Gasteiger partial charge in [0.25, 0.3) is 5.91 Å². The molecule has 3 amide bonds. The van der Waals surface area contributed by atoms with Gasteiger partial charge in [-0.25, -0.2) is 4.79 Å². The monoisotopic (exact) mass is 637 g/mol. The standard InChI is InChI=1S/C39H47N3O5/c1-9-39(7,8)42(36(45)33(41-37(46)47-38(4,5)6)23-27-17-21-31(43)22-18-27)34(32-16-12-13-25(2)26(32)3)35(44)40-30-20-19-28-14-10-11-15-29(28)24-30/h10-22,24,33-34,43H,9,23H2,1-8H3,(H,40,44)(H,41,46). The van der Waals surface area contributed by atoms with E-state index >= 15 is 0 Å². The first kappa shape index (κ1) is 35.0. The van der Waals surface area contributed by atoms with Crippen LogP contribution in [0, 0.1) is 13.8 Å². The molecule has 0 aromatic heterocycles. The van der Waals surface area contributed by atoms with Crippen molar-refractivity contribution in [2.45, 2.75) is 91.5 Å². The highest BCUT2D eigenvalue weighted by Gasteiger charge is 2.43. The fourth-order valence-corrected chi connectivity index (χ4v) is 5.58. The van der Waals surface area contributed by atoms with Gasteiger partial charge in [-0.1, -0.05) is 67.6 Å². The van der Waals surface area contributed by atoms with Crippen molar-refractivity contribution in [3.63, 3.8) is 0 Å². The van der Waals surface area contributed by atoms with E-state index in [-0.39, 0.29) is 18.1 Å². The van der Waals surface area contributed by atoms with Crippen LogP contribution in [0.2, 0.25) is 0 Å². The number of ether oxygens (including phenoxy) is 1. The molecule has 0 radical (unpaired) electrons. The third-order valence-electron chi connectivity index (χ3n) is 8.58. The van der Waals surface area contributed by atoms with Crippen molar-refractivity contribution in [3.8, 4) is 5.75 Å². The molecule has 4 rings (SSSR count). The minimum absolute atomic E-state index is 0.0887. The number of nitrogens with one attached hydrogen (secondary N) is 2. The summed E-state index contributed by atoms with van der Waals surface area (Å²) in [6.07, 6.45) is -0.102. The summed E-state index contributed by atoms with van der Waals surface area (Å²) in [6, 6.07) is 23.8. The maximum absolute atomic E-state index is 15.0. The third-order valence-corrected chi connectivity index (χ3v) is 8.58. The molecule has 3 N–H and O–H groups in total. The Morgan fingerprint density at radius 2 is 1.51 bits per heavy atom. The van der Waals surface area contributed by atoms with Gasteiger partial charge in [-0.05, 0) is 112 Å². The molecule has 0 aliphatic carbocycles. The zero-order valence-electron chi connectivity index (χ0n) is 28.7. The highest BCUT2D eigenvalue weighted by molar-refractivity contribution is 6.01. The van der Waals surface area contributed by atoms with Gasteiger partial charge in [0.2, 0.25) is 5.91 Å². The second kappa shape index (κ2) is 14.3. The fourth-order valence-electron chi connectivity index (χ4n) is 5.58. The Morgan fingerprint density at radius 1 is 0.851 bits per heavy atom. The van der Waals surface area contributed by atoms with Crippen LogP contribution in [-0.4, -0.2) is 45.1 Å². The van der Waals surface area contributed by atoms with Gasteiger partial charge < -0.3 is 25.4 Å². The summed E-state index contributed by atoms with van der Waals surface area (Å²) in [5.41, 5.74) is 2.29. The zero-order chi connectivity index (χ0) is 34.5. The number of benzene rings is 4. The van der Waals surface area contributed by atoms with Crippen LogP contribution in [0.5, 0.6) is 5.75 Å². The number of phenolic OH excluding ortho intramolecular Hbond substituents is 1. The Labute approximate surface area is 278 Å². The summed E-state index contributed by atoms with van der Waals surface area (Å²) in [6.45, 7) is 15.0. The predicted octanol–water partition coefficient (Wildman–Crippen LogP) is 8.00. The summed E-state index contributed by atoms with van der Waals surface area (Å²) in [4.78, 5) is 44.4. The Hall–Kier alpha value is -4.85. The topological polar surface area (TPSA) is 108 Å². The van der Waals surface area contributed by atoms with Gasteiger partial charge in [0.05, 0.1) is 0 Å². The van der Waals surface area contributed by atoms with Crippen LogP contribution < -0.4 is 10.6 Å². The van der Waals surface area contributed by atoms with E-state index in [2.05, 4.69) is 10.6 Å². The van der Waals surface area contributed by atoms with E-state index in [9.17, 15) is 19.5 Å². The molecule has 8 nitrogen and oxygen atoms in total. The summed E-state index contributed by atoms with van der Waals surface area (Å²) < 4.78 is 5.57.